The molecule has 21 heavy (non-hydrogen) atoms. The molecule has 0 saturated heterocycles. The van der Waals surface area contributed by atoms with Gasteiger partial charge in [-0.3, -0.25) is 9.59 Å². The van der Waals surface area contributed by atoms with E-state index in [0.717, 1.165) is 36.9 Å². The minimum absolute atomic E-state index is 0.0151. The lowest BCUT2D eigenvalue weighted by Gasteiger charge is -2.23. The minimum Gasteiger partial charge on any atom is -0.344 e. The Morgan fingerprint density at radius 1 is 1.10 bits per heavy atom. The summed E-state index contributed by atoms with van der Waals surface area (Å²) >= 11 is 0. The zero-order valence-corrected chi connectivity index (χ0v) is 12.8. The van der Waals surface area contributed by atoms with E-state index in [9.17, 15) is 9.59 Å². The normalized spacial score (nSPS) is 17.0. The van der Waals surface area contributed by atoms with E-state index in [1.54, 1.807) is 6.92 Å². The molecule has 1 atom stereocenters. The molecule has 0 aliphatic heterocycles. The summed E-state index contributed by atoms with van der Waals surface area (Å²) in [6.07, 6.45) is 5.33. The second kappa shape index (κ2) is 7.25. The molecule has 0 bridgehead atoms. The molecule has 0 unspecified atom stereocenters. The Balaban J connectivity index is 1.84. The van der Waals surface area contributed by atoms with Crippen molar-refractivity contribution in [3.05, 3.63) is 29.8 Å². The molecule has 114 valence electrons. The van der Waals surface area contributed by atoms with E-state index in [2.05, 4.69) is 10.6 Å². The van der Waals surface area contributed by atoms with Crippen molar-refractivity contribution < 1.29 is 9.59 Å². The average Bonchev–Trinajstić information content (AvgIpc) is 2.50. The van der Waals surface area contributed by atoms with Crippen molar-refractivity contribution in [2.45, 2.75) is 52.0 Å². The maximum Gasteiger partial charge on any atom is 0.246 e. The van der Waals surface area contributed by atoms with Crippen LogP contribution >= 0.6 is 0 Å². The third-order valence-electron chi connectivity index (χ3n) is 4.05. The van der Waals surface area contributed by atoms with Crippen molar-refractivity contribution in [3.63, 3.8) is 0 Å². The van der Waals surface area contributed by atoms with E-state index in [0.29, 0.717) is 0 Å². The summed E-state index contributed by atoms with van der Waals surface area (Å²) in [5, 5.41) is 5.65. The van der Waals surface area contributed by atoms with Gasteiger partial charge in [0, 0.05) is 11.6 Å². The Kier molecular flexibility index (Phi) is 5.37. The van der Waals surface area contributed by atoms with Gasteiger partial charge < -0.3 is 10.6 Å². The van der Waals surface area contributed by atoms with Crippen LogP contribution in [0.2, 0.25) is 0 Å². The minimum atomic E-state index is -0.513. The van der Waals surface area contributed by atoms with Gasteiger partial charge in [0.05, 0.1) is 0 Å². The van der Waals surface area contributed by atoms with Gasteiger partial charge in [0.25, 0.3) is 0 Å². The van der Waals surface area contributed by atoms with Gasteiger partial charge in [0.2, 0.25) is 11.8 Å². The first-order valence-corrected chi connectivity index (χ1v) is 7.74. The van der Waals surface area contributed by atoms with Crippen molar-refractivity contribution in [3.8, 4) is 0 Å². The third kappa shape index (κ3) is 4.59. The van der Waals surface area contributed by atoms with Crippen LogP contribution in [0.15, 0.2) is 24.3 Å². The predicted molar refractivity (Wildman–Crippen MR) is 84.0 cm³/mol. The molecule has 2 rings (SSSR count). The Morgan fingerprint density at radius 3 is 2.33 bits per heavy atom. The highest BCUT2D eigenvalue weighted by Crippen LogP contribution is 2.23. The Morgan fingerprint density at radius 2 is 1.71 bits per heavy atom. The molecular weight excluding hydrogens is 264 g/mol. The van der Waals surface area contributed by atoms with Crippen LogP contribution in [-0.4, -0.2) is 17.9 Å². The molecule has 1 aliphatic rings. The molecule has 1 aromatic rings. The summed E-state index contributed by atoms with van der Waals surface area (Å²) in [4.78, 5) is 24.2. The molecule has 4 nitrogen and oxygen atoms in total. The molecule has 1 fully saturated rings. The summed E-state index contributed by atoms with van der Waals surface area (Å²) < 4.78 is 0. The van der Waals surface area contributed by atoms with Crippen LogP contribution in [0.5, 0.6) is 0 Å². The summed E-state index contributed by atoms with van der Waals surface area (Å²) in [6, 6.07) is 7.11. The Hall–Kier alpha value is -1.84. The standard InChI is InChI=1S/C17H24N2O2/c1-12-8-10-15(11-9-12)19-16(20)13(2)18-17(21)14-6-4-3-5-7-14/h8-11,13-14H,3-7H2,1-2H3,(H,18,21)(H,19,20)/t13-/m1/s1. The Labute approximate surface area is 126 Å². The highest BCUT2D eigenvalue weighted by Gasteiger charge is 2.24. The van der Waals surface area contributed by atoms with Crippen molar-refractivity contribution >= 4 is 17.5 Å². The van der Waals surface area contributed by atoms with E-state index in [1.165, 1.54) is 6.42 Å². The fraction of sp³-hybridized carbons (Fsp3) is 0.529. The van der Waals surface area contributed by atoms with Gasteiger partial charge >= 0.3 is 0 Å². The number of benzene rings is 1. The molecule has 1 aromatic carbocycles. The molecule has 0 aromatic heterocycles. The fourth-order valence-electron chi connectivity index (χ4n) is 2.65. The van der Waals surface area contributed by atoms with Gasteiger partial charge in [-0.25, -0.2) is 0 Å². The quantitative estimate of drug-likeness (QED) is 0.894. The lowest BCUT2D eigenvalue weighted by atomic mass is 9.88. The first kappa shape index (κ1) is 15.5. The number of anilines is 1. The van der Waals surface area contributed by atoms with E-state index >= 15 is 0 Å². The van der Waals surface area contributed by atoms with Gasteiger partial charge in [0.1, 0.15) is 6.04 Å². The van der Waals surface area contributed by atoms with E-state index in [-0.39, 0.29) is 17.7 Å². The average molecular weight is 288 g/mol. The van der Waals surface area contributed by atoms with Gasteiger partial charge in [-0.15, -0.1) is 0 Å². The first-order chi connectivity index (χ1) is 10.1. The maximum atomic E-state index is 12.1. The number of carbonyl (C=O) groups is 2. The lowest BCUT2D eigenvalue weighted by Crippen LogP contribution is -2.44. The predicted octanol–water partition coefficient (Wildman–Crippen LogP) is 3.02. The molecule has 1 aliphatic carbocycles. The third-order valence-corrected chi connectivity index (χ3v) is 4.05. The molecule has 2 amide bonds. The summed E-state index contributed by atoms with van der Waals surface area (Å²) in [6.45, 7) is 3.73. The lowest BCUT2D eigenvalue weighted by molar-refractivity contribution is -0.129. The molecule has 0 heterocycles. The topological polar surface area (TPSA) is 58.2 Å². The Bertz CT molecular complexity index is 490. The summed E-state index contributed by atoms with van der Waals surface area (Å²) in [5.41, 5.74) is 1.90. The zero-order chi connectivity index (χ0) is 15.2. The van der Waals surface area contributed by atoms with Crippen LogP contribution in [0.1, 0.15) is 44.6 Å². The number of rotatable bonds is 4. The summed E-state index contributed by atoms with van der Waals surface area (Å²) in [7, 11) is 0. The highest BCUT2D eigenvalue weighted by atomic mass is 16.2. The van der Waals surface area contributed by atoms with Crippen molar-refractivity contribution in [1.29, 1.82) is 0 Å². The zero-order valence-electron chi connectivity index (χ0n) is 12.8. The number of amides is 2. The first-order valence-electron chi connectivity index (χ1n) is 7.74. The molecule has 2 N–H and O–H groups in total. The summed E-state index contributed by atoms with van der Waals surface area (Å²) in [5.74, 6) is -0.0855. The van der Waals surface area contributed by atoms with E-state index in [4.69, 9.17) is 0 Å². The van der Waals surface area contributed by atoms with Crippen LogP contribution in [0.3, 0.4) is 0 Å². The molecule has 4 heteroatoms. The van der Waals surface area contributed by atoms with Gasteiger partial charge in [-0.1, -0.05) is 37.0 Å². The van der Waals surface area contributed by atoms with Crippen LogP contribution in [0, 0.1) is 12.8 Å². The molecule has 1 saturated carbocycles. The van der Waals surface area contributed by atoms with Crippen LogP contribution in [0.4, 0.5) is 5.69 Å². The number of hydrogen-bond donors (Lipinski definition) is 2. The van der Waals surface area contributed by atoms with E-state index in [1.807, 2.05) is 31.2 Å². The van der Waals surface area contributed by atoms with Gasteiger partial charge in [-0.2, -0.15) is 0 Å². The van der Waals surface area contributed by atoms with Crippen molar-refractivity contribution in [1.82, 2.24) is 5.32 Å². The highest BCUT2D eigenvalue weighted by molar-refractivity contribution is 5.97. The van der Waals surface area contributed by atoms with Crippen molar-refractivity contribution in [2.75, 3.05) is 5.32 Å². The van der Waals surface area contributed by atoms with Crippen LogP contribution in [-0.2, 0) is 9.59 Å². The smallest absolute Gasteiger partial charge is 0.246 e. The molecule has 0 radical (unpaired) electrons. The van der Waals surface area contributed by atoms with Gasteiger partial charge in [0.15, 0.2) is 0 Å². The van der Waals surface area contributed by atoms with Crippen LogP contribution in [0.25, 0.3) is 0 Å². The maximum absolute atomic E-state index is 12.1. The SMILES string of the molecule is Cc1ccc(NC(=O)[C@@H](C)NC(=O)C2CCCCC2)cc1. The monoisotopic (exact) mass is 288 g/mol. The largest absolute Gasteiger partial charge is 0.344 e. The fourth-order valence-corrected chi connectivity index (χ4v) is 2.65. The number of aryl methyl sites for hydroxylation is 1. The van der Waals surface area contributed by atoms with Crippen molar-refractivity contribution in [2.24, 2.45) is 5.92 Å². The van der Waals surface area contributed by atoms with E-state index < -0.39 is 6.04 Å². The molecule has 0 spiro atoms. The van der Waals surface area contributed by atoms with Crippen LogP contribution < -0.4 is 10.6 Å². The second-order valence-corrected chi connectivity index (χ2v) is 5.92. The number of carbonyl (C=O) groups excluding carboxylic acids is 2. The molecular formula is C17H24N2O2. The number of nitrogens with one attached hydrogen (secondary N) is 2. The van der Waals surface area contributed by atoms with Gasteiger partial charge in [-0.05, 0) is 38.8 Å². The number of hydrogen-bond acceptors (Lipinski definition) is 2. The second-order valence-electron chi connectivity index (χ2n) is 5.92.